The van der Waals surface area contributed by atoms with Crippen LogP contribution in [0.5, 0.6) is 0 Å². The Bertz CT molecular complexity index is 796. The molecule has 3 rings (SSSR count). The number of fused-ring (bicyclic) bond motifs is 1. The largest absolute Gasteiger partial charge is 0.360 e. The summed E-state index contributed by atoms with van der Waals surface area (Å²) in [5, 5.41) is 12.8. The van der Waals surface area contributed by atoms with E-state index < -0.39 is 0 Å². The lowest BCUT2D eigenvalue weighted by molar-refractivity contribution is 0.0995. The van der Waals surface area contributed by atoms with Crippen LogP contribution in [0, 0.1) is 0 Å². The lowest BCUT2D eigenvalue weighted by atomic mass is 10.1. The molecule has 0 aliphatic rings. The van der Waals surface area contributed by atoms with Gasteiger partial charge in [-0.15, -0.1) is 10.2 Å². The lowest BCUT2D eigenvalue weighted by Crippen LogP contribution is -2.12. The van der Waals surface area contributed by atoms with Gasteiger partial charge in [-0.05, 0) is 19.9 Å². The molecule has 2 N–H and O–H groups in total. The van der Waals surface area contributed by atoms with E-state index in [2.05, 4.69) is 20.5 Å². The average molecular weight is 332 g/mol. The van der Waals surface area contributed by atoms with Crippen molar-refractivity contribution in [3.8, 4) is 0 Å². The Hall–Kier alpha value is -1.86. The molecule has 5 nitrogen and oxygen atoms in total. The van der Waals surface area contributed by atoms with Gasteiger partial charge in [-0.25, -0.2) is 0 Å². The summed E-state index contributed by atoms with van der Waals surface area (Å²) < 4.78 is 0.802. The number of rotatable bonds is 6. The number of aromatic nitrogens is 3. The van der Waals surface area contributed by atoms with Gasteiger partial charge in [0.15, 0.2) is 10.1 Å². The highest BCUT2D eigenvalue weighted by Gasteiger charge is 2.21. The molecule has 0 aliphatic heterocycles. The van der Waals surface area contributed by atoms with E-state index in [1.165, 1.54) is 23.1 Å². The zero-order chi connectivity index (χ0) is 15.5. The number of Topliss-reactive ketones (excluding diaryl/α,β-unsaturated/α-hetero) is 1. The number of para-hydroxylation sites is 1. The Morgan fingerprint density at radius 2 is 2.23 bits per heavy atom. The second kappa shape index (κ2) is 6.50. The van der Waals surface area contributed by atoms with Gasteiger partial charge in [0.1, 0.15) is 0 Å². The van der Waals surface area contributed by atoms with E-state index >= 15 is 0 Å². The number of nitrogens with one attached hydrogen (secondary N) is 2. The van der Waals surface area contributed by atoms with Gasteiger partial charge in [-0.1, -0.05) is 41.3 Å². The van der Waals surface area contributed by atoms with Crippen molar-refractivity contribution in [1.29, 1.82) is 0 Å². The fraction of sp³-hybridized carbons (Fsp3) is 0.267. The van der Waals surface area contributed by atoms with Crippen LogP contribution in [-0.2, 0) is 0 Å². The first-order valence-corrected chi connectivity index (χ1v) is 8.73. The predicted molar refractivity (Wildman–Crippen MR) is 92.0 cm³/mol. The van der Waals surface area contributed by atoms with Crippen molar-refractivity contribution >= 4 is 44.9 Å². The van der Waals surface area contributed by atoms with Crippen molar-refractivity contribution in [2.24, 2.45) is 0 Å². The molecule has 0 spiro atoms. The Balaban J connectivity index is 1.76. The number of aromatic amines is 1. The molecule has 0 radical (unpaired) electrons. The Morgan fingerprint density at radius 3 is 3.05 bits per heavy atom. The van der Waals surface area contributed by atoms with Gasteiger partial charge >= 0.3 is 0 Å². The fourth-order valence-electron chi connectivity index (χ4n) is 2.18. The van der Waals surface area contributed by atoms with Crippen molar-refractivity contribution in [3.63, 3.8) is 0 Å². The van der Waals surface area contributed by atoms with Gasteiger partial charge in [0.2, 0.25) is 5.13 Å². The summed E-state index contributed by atoms with van der Waals surface area (Å²) >= 11 is 2.92. The number of carbonyl (C=O) groups excluding carboxylic acids is 1. The summed E-state index contributed by atoms with van der Waals surface area (Å²) in [6.45, 7) is 4.73. The maximum absolute atomic E-state index is 12.7. The molecule has 7 heteroatoms. The summed E-state index contributed by atoms with van der Waals surface area (Å²) in [5.74, 6) is 0.0997. The van der Waals surface area contributed by atoms with E-state index in [4.69, 9.17) is 0 Å². The zero-order valence-corrected chi connectivity index (χ0v) is 13.9. The van der Waals surface area contributed by atoms with E-state index in [0.29, 0.717) is 0 Å². The normalized spacial score (nSPS) is 12.5. The highest BCUT2D eigenvalue weighted by Crippen LogP contribution is 2.31. The number of carbonyl (C=O) groups is 1. The molecule has 114 valence electrons. The van der Waals surface area contributed by atoms with Crippen LogP contribution in [0.2, 0.25) is 0 Å². The molecule has 1 unspecified atom stereocenters. The third-order valence-corrected chi connectivity index (χ3v) is 5.30. The van der Waals surface area contributed by atoms with Crippen molar-refractivity contribution in [1.82, 2.24) is 15.2 Å². The summed E-state index contributed by atoms with van der Waals surface area (Å²) in [4.78, 5) is 15.8. The van der Waals surface area contributed by atoms with Crippen molar-refractivity contribution < 1.29 is 4.79 Å². The highest BCUT2D eigenvalue weighted by molar-refractivity contribution is 8.02. The molecule has 0 saturated carbocycles. The van der Waals surface area contributed by atoms with E-state index in [-0.39, 0.29) is 11.0 Å². The van der Waals surface area contributed by atoms with Gasteiger partial charge < -0.3 is 10.3 Å². The minimum atomic E-state index is -0.207. The van der Waals surface area contributed by atoms with Crippen molar-refractivity contribution in [2.45, 2.75) is 23.4 Å². The van der Waals surface area contributed by atoms with Gasteiger partial charge in [0, 0.05) is 29.2 Å². The first-order chi connectivity index (χ1) is 10.7. The number of thioether (sulfide) groups is 1. The second-order valence-electron chi connectivity index (χ2n) is 4.78. The molecule has 1 aromatic carbocycles. The van der Waals surface area contributed by atoms with Crippen molar-refractivity contribution in [2.75, 3.05) is 11.9 Å². The summed E-state index contributed by atoms with van der Waals surface area (Å²) in [6, 6.07) is 7.83. The molecule has 3 aromatic rings. The molecule has 2 heterocycles. The molecular formula is C15H16N4OS2. The third kappa shape index (κ3) is 3.00. The zero-order valence-electron chi connectivity index (χ0n) is 12.3. The van der Waals surface area contributed by atoms with Crippen LogP contribution in [0.1, 0.15) is 24.2 Å². The van der Waals surface area contributed by atoms with Crippen LogP contribution in [-0.4, -0.2) is 32.8 Å². The van der Waals surface area contributed by atoms with Crippen LogP contribution in [0.3, 0.4) is 0 Å². The number of hydrogen-bond donors (Lipinski definition) is 2. The number of ketones is 1. The summed E-state index contributed by atoms with van der Waals surface area (Å²) in [5.41, 5.74) is 1.71. The molecule has 2 aromatic heterocycles. The quantitative estimate of drug-likeness (QED) is 0.530. The summed E-state index contributed by atoms with van der Waals surface area (Å²) in [7, 11) is 0. The predicted octanol–water partition coefficient (Wildman–Crippen LogP) is 3.81. The van der Waals surface area contributed by atoms with Gasteiger partial charge in [-0.2, -0.15) is 0 Å². The Labute approximate surface area is 136 Å². The molecule has 0 bridgehead atoms. The SMILES string of the molecule is CCNc1nnc(SC(C)C(=O)c2c[nH]c3ccccc23)s1. The standard InChI is InChI=1S/C15H16N4OS2/c1-3-16-14-18-19-15(22-14)21-9(2)13(20)11-8-17-12-7-5-4-6-10(11)12/h4-9,17H,3H2,1-2H3,(H,16,18). The van der Waals surface area contributed by atoms with Crippen LogP contribution >= 0.6 is 23.1 Å². The smallest absolute Gasteiger partial charge is 0.206 e. The number of nitrogens with zero attached hydrogens (tertiary/aromatic N) is 2. The van der Waals surface area contributed by atoms with Crippen LogP contribution in [0.25, 0.3) is 10.9 Å². The first-order valence-electron chi connectivity index (χ1n) is 7.03. The molecule has 0 aliphatic carbocycles. The van der Waals surface area contributed by atoms with E-state index in [9.17, 15) is 4.79 Å². The molecule has 1 atom stereocenters. The van der Waals surface area contributed by atoms with Crippen LogP contribution < -0.4 is 5.32 Å². The van der Waals surface area contributed by atoms with Gasteiger partial charge in [0.05, 0.1) is 5.25 Å². The van der Waals surface area contributed by atoms with E-state index in [1.807, 2.05) is 38.1 Å². The maximum Gasteiger partial charge on any atom is 0.206 e. The second-order valence-corrected chi connectivity index (χ2v) is 7.34. The molecule has 0 saturated heterocycles. The van der Waals surface area contributed by atoms with Crippen LogP contribution in [0.15, 0.2) is 34.8 Å². The number of H-pyrrole nitrogens is 1. The van der Waals surface area contributed by atoms with E-state index in [0.717, 1.165) is 32.5 Å². The number of anilines is 1. The summed E-state index contributed by atoms with van der Waals surface area (Å²) in [6.07, 6.45) is 1.79. The lowest BCUT2D eigenvalue weighted by Gasteiger charge is -2.06. The molecule has 22 heavy (non-hydrogen) atoms. The number of benzene rings is 1. The van der Waals surface area contributed by atoms with Crippen LogP contribution in [0.4, 0.5) is 5.13 Å². The highest BCUT2D eigenvalue weighted by atomic mass is 32.2. The Morgan fingerprint density at radius 1 is 1.41 bits per heavy atom. The monoisotopic (exact) mass is 332 g/mol. The molecular weight excluding hydrogens is 316 g/mol. The molecule has 0 fully saturated rings. The maximum atomic E-state index is 12.7. The van der Waals surface area contributed by atoms with Gasteiger partial charge in [0.25, 0.3) is 0 Å². The third-order valence-electron chi connectivity index (χ3n) is 3.24. The topological polar surface area (TPSA) is 70.7 Å². The van der Waals surface area contributed by atoms with Crippen molar-refractivity contribution in [3.05, 3.63) is 36.0 Å². The number of hydrogen-bond acceptors (Lipinski definition) is 6. The first kappa shape index (κ1) is 15.1. The Kier molecular flexibility index (Phi) is 4.44. The fourth-order valence-corrected chi connectivity index (χ4v) is 4.21. The molecule has 0 amide bonds. The van der Waals surface area contributed by atoms with E-state index in [1.54, 1.807) is 6.20 Å². The van der Waals surface area contributed by atoms with Gasteiger partial charge in [-0.3, -0.25) is 4.79 Å². The average Bonchev–Trinajstić information content (AvgIpc) is 3.13. The minimum absolute atomic E-state index is 0.0997. The minimum Gasteiger partial charge on any atom is -0.360 e.